The van der Waals surface area contributed by atoms with Crippen molar-refractivity contribution < 1.29 is 40.3 Å². The van der Waals surface area contributed by atoms with Crippen LogP contribution in [0.2, 0.25) is 15.1 Å². The number of carbonyl (C=O) groups excluding carboxylic acids is 2. The zero-order chi connectivity index (χ0) is 28.5. The molecule has 0 spiro atoms. The Morgan fingerprint density at radius 3 is 1.97 bits per heavy atom. The summed E-state index contributed by atoms with van der Waals surface area (Å²) in [6, 6.07) is 2.75. The van der Waals surface area contributed by atoms with E-state index in [0.717, 1.165) is 19.1 Å². The van der Waals surface area contributed by atoms with Gasteiger partial charge in [0, 0.05) is 12.1 Å². The van der Waals surface area contributed by atoms with Gasteiger partial charge in [-0.1, -0.05) is 40.9 Å². The molecule has 14 heteroatoms. The molecule has 2 amide bonds. The van der Waals surface area contributed by atoms with Gasteiger partial charge in [0.1, 0.15) is 11.7 Å². The molecular weight excluding hydrogens is 576 g/mol. The Morgan fingerprint density at radius 2 is 1.54 bits per heavy atom. The lowest BCUT2D eigenvalue weighted by Crippen LogP contribution is -2.31. The molecule has 37 heavy (non-hydrogen) atoms. The number of hydrogen-bond acceptors (Lipinski definition) is 2. The van der Waals surface area contributed by atoms with Gasteiger partial charge in [0.15, 0.2) is 0 Å². The maximum Gasteiger partial charge on any atom is 0.417 e. The molecule has 0 aromatic heterocycles. The van der Waals surface area contributed by atoms with E-state index in [9.17, 15) is 35.9 Å². The number of nitrogens with two attached hydrogens (primary N) is 1. The van der Waals surface area contributed by atoms with Crippen molar-refractivity contribution in [3.8, 4) is 0 Å². The molecule has 2 atom stereocenters. The molecular formula is C23H18Cl3F7N2O2. The molecule has 0 aliphatic rings. The number of carbonyl (C=O) groups is 2. The van der Waals surface area contributed by atoms with Crippen molar-refractivity contribution in [2.45, 2.75) is 38.0 Å². The van der Waals surface area contributed by atoms with Crippen LogP contribution in [0.4, 0.5) is 30.7 Å². The minimum Gasteiger partial charge on any atom is -0.366 e. The van der Waals surface area contributed by atoms with E-state index in [1.807, 2.05) is 0 Å². The zero-order valence-electron chi connectivity index (χ0n) is 18.9. The standard InChI is InChI=1S/C23H18Cl3F7N2O2/c1-3-35-21(37)9(2)17-11(4-5-12(20(34)36)18(17)23(31,32)33)16(27)8-13(22(28,29)30)10-6-14(24)19(26)15(25)7-10/h4-9,13H,3H2,1-2H3,(H2,34,36)(H,35,37)/b16-8-/t9-,13?/m1/s1. The Bertz CT molecular complexity index is 1220. The van der Waals surface area contributed by atoms with Crippen molar-refractivity contribution >= 4 is 52.4 Å². The summed E-state index contributed by atoms with van der Waals surface area (Å²) in [5.41, 5.74) is -0.453. The number of nitrogens with one attached hydrogen (secondary N) is 1. The van der Waals surface area contributed by atoms with Crippen LogP contribution < -0.4 is 11.1 Å². The second kappa shape index (κ2) is 11.5. The van der Waals surface area contributed by atoms with Gasteiger partial charge in [-0.15, -0.1) is 0 Å². The molecule has 2 aromatic rings. The van der Waals surface area contributed by atoms with Crippen molar-refractivity contribution in [2.24, 2.45) is 5.73 Å². The Morgan fingerprint density at radius 1 is 1.03 bits per heavy atom. The highest BCUT2D eigenvalue weighted by atomic mass is 35.5. The van der Waals surface area contributed by atoms with Crippen molar-refractivity contribution in [1.29, 1.82) is 0 Å². The number of benzene rings is 2. The Labute approximate surface area is 221 Å². The van der Waals surface area contributed by atoms with Crippen LogP contribution in [-0.4, -0.2) is 24.5 Å². The Kier molecular flexibility index (Phi) is 9.54. The highest BCUT2D eigenvalue weighted by Gasteiger charge is 2.43. The summed E-state index contributed by atoms with van der Waals surface area (Å²) in [6.45, 7) is 2.44. The number of amides is 2. The van der Waals surface area contributed by atoms with E-state index in [1.165, 1.54) is 6.92 Å². The number of likely N-dealkylation sites (N-methyl/N-ethyl adjacent to an activating group) is 1. The minimum atomic E-state index is -5.32. The Hall–Kier alpha value is -2.50. The van der Waals surface area contributed by atoms with Crippen LogP contribution in [0.3, 0.4) is 0 Å². The fourth-order valence-corrected chi connectivity index (χ4v) is 4.23. The van der Waals surface area contributed by atoms with Crippen molar-refractivity contribution in [2.75, 3.05) is 6.54 Å². The van der Waals surface area contributed by atoms with Gasteiger partial charge in [-0.2, -0.15) is 26.3 Å². The molecule has 1 unspecified atom stereocenters. The molecule has 2 aromatic carbocycles. The molecule has 0 saturated carbocycles. The second-order valence-electron chi connectivity index (χ2n) is 7.76. The zero-order valence-corrected chi connectivity index (χ0v) is 21.2. The monoisotopic (exact) mass is 592 g/mol. The van der Waals surface area contributed by atoms with Gasteiger partial charge in [-0.3, -0.25) is 9.59 Å². The number of hydrogen-bond donors (Lipinski definition) is 2. The third-order valence-corrected chi connectivity index (χ3v) is 6.46. The highest BCUT2D eigenvalue weighted by molar-refractivity contribution is 6.48. The third-order valence-electron chi connectivity index (χ3n) is 5.26. The first-order valence-electron chi connectivity index (χ1n) is 10.3. The average Bonchev–Trinajstić information content (AvgIpc) is 2.77. The molecule has 2 rings (SSSR count). The molecule has 0 fully saturated rings. The molecule has 0 bridgehead atoms. The lowest BCUT2D eigenvalue weighted by molar-refractivity contribution is -0.140. The van der Waals surface area contributed by atoms with Crippen molar-refractivity contribution in [3.05, 3.63) is 73.2 Å². The number of rotatable bonds is 7. The number of allylic oxidation sites excluding steroid dienone is 1. The lowest BCUT2D eigenvalue weighted by atomic mass is 9.85. The molecule has 0 aliphatic carbocycles. The fourth-order valence-electron chi connectivity index (χ4n) is 3.62. The van der Waals surface area contributed by atoms with E-state index >= 15 is 4.39 Å². The predicted octanol–water partition coefficient (Wildman–Crippen LogP) is 7.66. The normalized spacial score (nSPS) is 14.3. The van der Waals surface area contributed by atoms with Gasteiger partial charge < -0.3 is 11.1 Å². The third kappa shape index (κ3) is 6.88. The van der Waals surface area contributed by atoms with E-state index in [-0.39, 0.29) is 27.7 Å². The van der Waals surface area contributed by atoms with Gasteiger partial charge in [0.25, 0.3) is 0 Å². The average molecular weight is 594 g/mol. The summed E-state index contributed by atoms with van der Waals surface area (Å²) < 4.78 is 99.5. The first kappa shape index (κ1) is 30.7. The summed E-state index contributed by atoms with van der Waals surface area (Å²) in [6.07, 6.45) is -10.5. The molecule has 202 valence electrons. The van der Waals surface area contributed by atoms with E-state index in [1.54, 1.807) is 0 Å². The molecule has 0 saturated heterocycles. The van der Waals surface area contributed by atoms with Crippen LogP contribution in [0.25, 0.3) is 5.83 Å². The molecule has 0 aliphatic heterocycles. The van der Waals surface area contributed by atoms with Crippen molar-refractivity contribution in [1.82, 2.24) is 5.32 Å². The van der Waals surface area contributed by atoms with Crippen LogP contribution in [0.5, 0.6) is 0 Å². The maximum atomic E-state index is 15.5. The van der Waals surface area contributed by atoms with Crippen LogP contribution in [-0.2, 0) is 11.0 Å². The van der Waals surface area contributed by atoms with E-state index in [2.05, 4.69) is 5.32 Å². The highest BCUT2D eigenvalue weighted by Crippen LogP contribution is 2.45. The van der Waals surface area contributed by atoms with Crippen LogP contribution in [0, 0.1) is 0 Å². The van der Waals surface area contributed by atoms with E-state index < -0.39 is 69.6 Å². The summed E-state index contributed by atoms with van der Waals surface area (Å²) in [7, 11) is 0. The molecule has 0 radical (unpaired) electrons. The summed E-state index contributed by atoms with van der Waals surface area (Å²) >= 11 is 17.4. The Balaban J connectivity index is 2.91. The van der Waals surface area contributed by atoms with Gasteiger partial charge in [-0.25, -0.2) is 4.39 Å². The molecule has 4 nitrogen and oxygen atoms in total. The van der Waals surface area contributed by atoms with Gasteiger partial charge in [0.2, 0.25) is 11.8 Å². The number of alkyl halides is 6. The van der Waals surface area contributed by atoms with E-state index in [4.69, 9.17) is 40.5 Å². The van der Waals surface area contributed by atoms with Gasteiger partial charge >= 0.3 is 12.4 Å². The first-order chi connectivity index (χ1) is 16.9. The minimum absolute atomic E-state index is 0.0120. The first-order valence-corrected chi connectivity index (χ1v) is 11.5. The van der Waals surface area contributed by atoms with Crippen LogP contribution >= 0.6 is 34.8 Å². The smallest absolute Gasteiger partial charge is 0.366 e. The predicted molar refractivity (Wildman–Crippen MR) is 126 cm³/mol. The molecule has 3 N–H and O–H groups in total. The number of primary amides is 1. The van der Waals surface area contributed by atoms with Gasteiger partial charge in [0.05, 0.1) is 32.1 Å². The van der Waals surface area contributed by atoms with Crippen LogP contribution in [0.15, 0.2) is 30.3 Å². The summed E-state index contributed by atoms with van der Waals surface area (Å²) in [5, 5.41) is 1.26. The van der Waals surface area contributed by atoms with Crippen molar-refractivity contribution in [3.63, 3.8) is 0 Å². The summed E-state index contributed by atoms with van der Waals surface area (Å²) in [5.74, 6) is -8.75. The summed E-state index contributed by atoms with van der Waals surface area (Å²) in [4.78, 5) is 24.2. The van der Waals surface area contributed by atoms with Crippen LogP contribution in [0.1, 0.15) is 58.3 Å². The number of halogens is 10. The van der Waals surface area contributed by atoms with E-state index in [0.29, 0.717) is 12.1 Å². The van der Waals surface area contributed by atoms with Gasteiger partial charge in [-0.05, 0) is 49.2 Å². The lowest BCUT2D eigenvalue weighted by Gasteiger charge is -2.24. The largest absolute Gasteiger partial charge is 0.417 e. The fraction of sp³-hybridized carbons (Fsp3) is 0.304. The SMILES string of the molecule is CCNC(=O)[C@H](C)c1c(/C(F)=C/C(c2cc(Cl)c(Cl)c(Cl)c2)C(F)(F)F)ccc(C(N)=O)c1C(F)(F)F. The second-order valence-corrected chi connectivity index (χ2v) is 8.95. The maximum absolute atomic E-state index is 15.5. The topological polar surface area (TPSA) is 72.2 Å². The molecule has 0 heterocycles. The quantitative estimate of drug-likeness (QED) is 0.256.